The molecule has 0 bridgehead atoms. The highest BCUT2D eigenvalue weighted by Gasteiger charge is 2.11. The highest BCUT2D eigenvalue weighted by Crippen LogP contribution is 2.22. The van der Waals surface area contributed by atoms with Crippen molar-refractivity contribution >= 4 is 23.3 Å². The van der Waals surface area contributed by atoms with Crippen LogP contribution in [-0.4, -0.2) is 23.2 Å². The highest BCUT2D eigenvalue weighted by atomic mass is 32.1. The summed E-state index contributed by atoms with van der Waals surface area (Å²) in [6.07, 6.45) is 1.84. The summed E-state index contributed by atoms with van der Waals surface area (Å²) in [7, 11) is 1.60. The molecule has 1 aromatic carbocycles. The van der Waals surface area contributed by atoms with Gasteiger partial charge in [0.1, 0.15) is 5.75 Å². The van der Waals surface area contributed by atoms with Crippen LogP contribution < -0.4 is 10.1 Å². The zero-order valence-corrected chi connectivity index (χ0v) is 14.7. The molecule has 128 valence electrons. The summed E-state index contributed by atoms with van der Waals surface area (Å²) in [5.41, 5.74) is 1.38. The topological polar surface area (TPSA) is 77.3 Å². The Morgan fingerprint density at radius 2 is 2.20 bits per heavy atom. The van der Waals surface area contributed by atoms with E-state index in [1.54, 1.807) is 25.4 Å². The summed E-state index contributed by atoms with van der Waals surface area (Å²) in [4.78, 5) is 13.2. The quantitative estimate of drug-likeness (QED) is 0.685. The third-order valence-corrected chi connectivity index (χ3v) is 4.26. The van der Waals surface area contributed by atoms with Gasteiger partial charge in [0.25, 0.3) is 0 Å². The maximum absolute atomic E-state index is 12.1. The van der Waals surface area contributed by atoms with Gasteiger partial charge in [0.15, 0.2) is 0 Å². The summed E-state index contributed by atoms with van der Waals surface area (Å²) in [5.74, 6) is 1.26. The minimum absolute atomic E-state index is 0.172. The maximum atomic E-state index is 12.1. The number of nitrogens with zero attached hydrogens (tertiary/aromatic N) is 2. The first-order chi connectivity index (χ1) is 12.2. The molecule has 0 aliphatic carbocycles. The monoisotopic (exact) mass is 355 g/mol. The van der Waals surface area contributed by atoms with Gasteiger partial charge in [-0.15, -0.1) is 21.5 Å². The zero-order chi connectivity index (χ0) is 17.6. The van der Waals surface area contributed by atoms with Crippen LogP contribution in [0.4, 0.5) is 0 Å². The number of ether oxygens (including phenoxy) is 1. The minimum Gasteiger partial charge on any atom is -0.497 e. The van der Waals surface area contributed by atoms with Crippen LogP contribution in [-0.2, 0) is 11.3 Å². The number of hydrogen-bond donors (Lipinski definition) is 1. The first-order valence-corrected chi connectivity index (χ1v) is 8.50. The van der Waals surface area contributed by atoms with Crippen molar-refractivity contribution in [3.63, 3.8) is 0 Å². The van der Waals surface area contributed by atoms with Gasteiger partial charge in [0.05, 0.1) is 13.7 Å². The predicted octanol–water partition coefficient (Wildman–Crippen LogP) is 3.53. The molecular formula is C18H17N3O3S. The van der Waals surface area contributed by atoms with Gasteiger partial charge in [0, 0.05) is 16.0 Å². The van der Waals surface area contributed by atoms with E-state index in [1.165, 1.54) is 0 Å². The summed E-state index contributed by atoms with van der Waals surface area (Å²) < 4.78 is 10.8. The molecule has 0 saturated carbocycles. The number of aromatic nitrogens is 2. The van der Waals surface area contributed by atoms with Gasteiger partial charge in [0.2, 0.25) is 17.7 Å². The SMILES string of the molecule is COc1cccc(-c2nnc(CNC(=O)/C(C)=C/c3cccs3)o2)c1. The Labute approximate surface area is 149 Å². The van der Waals surface area contributed by atoms with Crippen molar-refractivity contribution < 1.29 is 13.9 Å². The third-order valence-electron chi connectivity index (χ3n) is 3.44. The molecule has 2 aromatic heterocycles. The fourth-order valence-electron chi connectivity index (χ4n) is 2.15. The molecule has 7 heteroatoms. The van der Waals surface area contributed by atoms with E-state index in [2.05, 4.69) is 15.5 Å². The molecule has 3 aromatic rings. The lowest BCUT2D eigenvalue weighted by Crippen LogP contribution is -2.23. The average Bonchev–Trinajstić information content (AvgIpc) is 3.31. The van der Waals surface area contributed by atoms with Crippen LogP contribution >= 0.6 is 11.3 Å². The van der Waals surface area contributed by atoms with Crippen molar-refractivity contribution in [3.05, 3.63) is 58.1 Å². The predicted molar refractivity (Wildman–Crippen MR) is 96.1 cm³/mol. The first-order valence-electron chi connectivity index (χ1n) is 7.62. The largest absolute Gasteiger partial charge is 0.497 e. The van der Waals surface area contributed by atoms with Crippen LogP contribution in [0, 0.1) is 0 Å². The molecule has 25 heavy (non-hydrogen) atoms. The van der Waals surface area contributed by atoms with Crippen LogP contribution in [0.1, 0.15) is 17.7 Å². The lowest BCUT2D eigenvalue weighted by atomic mass is 10.2. The van der Waals surface area contributed by atoms with Crippen molar-refractivity contribution in [1.29, 1.82) is 0 Å². The molecule has 0 atom stereocenters. The molecule has 6 nitrogen and oxygen atoms in total. The van der Waals surface area contributed by atoms with E-state index in [9.17, 15) is 4.79 Å². The number of carbonyl (C=O) groups is 1. The number of hydrogen-bond acceptors (Lipinski definition) is 6. The van der Waals surface area contributed by atoms with E-state index >= 15 is 0 Å². The number of amides is 1. The molecular weight excluding hydrogens is 338 g/mol. The van der Waals surface area contributed by atoms with E-state index in [0.717, 1.165) is 10.4 Å². The van der Waals surface area contributed by atoms with Gasteiger partial charge >= 0.3 is 0 Å². The Morgan fingerprint density at radius 3 is 2.96 bits per heavy atom. The number of benzene rings is 1. The molecule has 0 spiro atoms. The number of carbonyl (C=O) groups excluding carboxylic acids is 1. The number of rotatable bonds is 6. The van der Waals surface area contributed by atoms with Crippen LogP contribution in [0.15, 0.2) is 51.8 Å². The van der Waals surface area contributed by atoms with E-state index < -0.39 is 0 Å². The van der Waals surface area contributed by atoms with Gasteiger partial charge in [-0.1, -0.05) is 12.1 Å². The first kappa shape index (κ1) is 16.9. The second-order valence-corrected chi connectivity index (χ2v) is 6.24. The average molecular weight is 355 g/mol. The Bertz CT molecular complexity index is 885. The summed E-state index contributed by atoms with van der Waals surface area (Å²) >= 11 is 1.58. The normalized spacial score (nSPS) is 11.4. The smallest absolute Gasteiger partial charge is 0.247 e. The fraction of sp³-hybridized carbons (Fsp3) is 0.167. The molecule has 1 amide bonds. The number of methoxy groups -OCH3 is 1. The van der Waals surface area contributed by atoms with Crippen molar-refractivity contribution in [2.45, 2.75) is 13.5 Å². The molecule has 0 radical (unpaired) electrons. The standard InChI is InChI=1S/C18H17N3O3S/c1-12(9-15-7-4-8-25-15)17(22)19-11-16-20-21-18(24-16)13-5-3-6-14(10-13)23-2/h3-10H,11H2,1-2H3,(H,19,22)/b12-9+. The Hall–Kier alpha value is -2.93. The highest BCUT2D eigenvalue weighted by molar-refractivity contribution is 7.10. The van der Waals surface area contributed by atoms with Gasteiger partial charge in [-0.2, -0.15) is 0 Å². The molecule has 3 rings (SSSR count). The minimum atomic E-state index is -0.172. The summed E-state index contributed by atoms with van der Waals surface area (Å²) in [6, 6.07) is 11.2. The van der Waals surface area contributed by atoms with Gasteiger partial charge in [-0.05, 0) is 42.6 Å². The number of thiophene rings is 1. The van der Waals surface area contributed by atoms with Crippen molar-refractivity contribution in [1.82, 2.24) is 15.5 Å². The van der Waals surface area contributed by atoms with Crippen LogP contribution in [0.3, 0.4) is 0 Å². The Balaban J connectivity index is 1.62. The van der Waals surface area contributed by atoms with Crippen LogP contribution in [0.25, 0.3) is 17.5 Å². The van der Waals surface area contributed by atoms with Gasteiger partial charge in [-0.3, -0.25) is 4.79 Å². The Kier molecular flexibility index (Phi) is 5.25. The Morgan fingerprint density at radius 1 is 1.32 bits per heavy atom. The van der Waals surface area contributed by atoms with Crippen molar-refractivity contribution in [3.8, 4) is 17.2 Å². The third kappa shape index (κ3) is 4.33. The fourth-order valence-corrected chi connectivity index (χ4v) is 2.86. The summed E-state index contributed by atoms with van der Waals surface area (Å²) in [5, 5.41) is 12.7. The molecule has 0 aliphatic heterocycles. The lowest BCUT2D eigenvalue weighted by molar-refractivity contribution is -0.117. The maximum Gasteiger partial charge on any atom is 0.247 e. The van der Waals surface area contributed by atoms with Crippen LogP contribution in [0.5, 0.6) is 5.75 Å². The van der Waals surface area contributed by atoms with Gasteiger partial charge < -0.3 is 14.5 Å². The van der Waals surface area contributed by atoms with Crippen molar-refractivity contribution in [2.24, 2.45) is 0 Å². The molecule has 2 heterocycles. The van der Waals surface area contributed by atoms with E-state index in [4.69, 9.17) is 9.15 Å². The molecule has 0 unspecified atom stereocenters. The van der Waals surface area contributed by atoms with E-state index in [-0.39, 0.29) is 12.5 Å². The zero-order valence-electron chi connectivity index (χ0n) is 13.9. The molecule has 0 fully saturated rings. The van der Waals surface area contributed by atoms with Gasteiger partial charge in [-0.25, -0.2) is 0 Å². The van der Waals surface area contributed by atoms with E-state index in [1.807, 2.05) is 47.9 Å². The van der Waals surface area contributed by atoms with Crippen molar-refractivity contribution in [2.75, 3.05) is 7.11 Å². The second kappa shape index (κ2) is 7.76. The second-order valence-electron chi connectivity index (χ2n) is 5.26. The lowest BCUT2D eigenvalue weighted by Gasteiger charge is -2.02. The molecule has 1 N–H and O–H groups in total. The summed E-state index contributed by atoms with van der Waals surface area (Å²) in [6.45, 7) is 1.94. The molecule has 0 aliphatic rings. The van der Waals surface area contributed by atoms with Crippen LogP contribution in [0.2, 0.25) is 0 Å². The van der Waals surface area contributed by atoms with E-state index in [0.29, 0.717) is 23.1 Å². The number of nitrogens with one attached hydrogen (secondary N) is 1. The molecule has 0 saturated heterocycles.